The molecule has 0 spiro atoms. The molecule has 0 N–H and O–H groups in total. The van der Waals surface area contributed by atoms with Gasteiger partial charge in [0.15, 0.2) is 0 Å². The zero-order valence-electron chi connectivity index (χ0n) is 13.2. The van der Waals surface area contributed by atoms with Crippen LogP contribution >= 0.6 is 8.20 Å². The Labute approximate surface area is 126 Å². The number of hydrogen-bond donors (Lipinski definition) is 0. The molecule has 5 rings (SSSR count). The maximum absolute atomic E-state index is 2.73. The van der Waals surface area contributed by atoms with Crippen LogP contribution in [0.5, 0.6) is 0 Å². The van der Waals surface area contributed by atoms with Gasteiger partial charge in [0.25, 0.3) is 0 Å². The van der Waals surface area contributed by atoms with Gasteiger partial charge in [-0.2, -0.15) is 0 Å². The Morgan fingerprint density at radius 2 is 1.45 bits per heavy atom. The predicted octanol–water partition coefficient (Wildman–Crippen LogP) is 5.92. The van der Waals surface area contributed by atoms with Gasteiger partial charge >= 0.3 is 0 Å². The predicted molar refractivity (Wildman–Crippen MR) is 89.6 cm³/mol. The van der Waals surface area contributed by atoms with E-state index in [0.29, 0.717) is 5.41 Å². The molecule has 0 amide bonds. The van der Waals surface area contributed by atoms with Crippen molar-refractivity contribution >= 4 is 14.0 Å². The molecule has 0 aromatic rings. The van der Waals surface area contributed by atoms with Gasteiger partial charge in [-0.25, -0.2) is 0 Å². The Kier molecular flexibility index (Phi) is 3.53. The molecule has 0 unspecified atom stereocenters. The van der Waals surface area contributed by atoms with Crippen LogP contribution in [-0.4, -0.2) is 12.0 Å². The van der Waals surface area contributed by atoms with Crippen LogP contribution in [0, 0.1) is 28.6 Å². The molecule has 0 heterocycles. The van der Waals surface area contributed by atoms with E-state index in [1.165, 1.54) is 38.3 Å². The molecule has 5 saturated carbocycles. The number of rotatable bonds is 3. The maximum Gasteiger partial charge on any atom is -0.00521 e. The van der Waals surface area contributed by atoms with Crippen molar-refractivity contribution in [3.05, 3.63) is 0 Å². The molecule has 0 nitrogen and oxygen atoms in total. The molecule has 5 aliphatic carbocycles. The fourth-order valence-corrected chi connectivity index (χ4v) is 8.00. The Hall–Kier alpha value is 0.170. The largest absolute Gasteiger partial charge is 0.108 e. The fourth-order valence-electron chi connectivity index (χ4n) is 6.43. The SMILES string of the molecule is CC1(C=PCC23CC4CC(CC(C4)C2)C3)CCCCC1. The van der Waals surface area contributed by atoms with E-state index in [1.54, 1.807) is 46.7 Å². The molecule has 5 aliphatic rings. The van der Waals surface area contributed by atoms with Crippen molar-refractivity contribution in [1.82, 2.24) is 0 Å². The van der Waals surface area contributed by atoms with Gasteiger partial charge in [-0.05, 0) is 86.1 Å². The van der Waals surface area contributed by atoms with Crippen molar-refractivity contribution in [1.29, 1.82) is 0 Å². The Morgan fingerprint density at radius 3 is 2.00 bits per heavy atom. The van der Waals surface area contributed by atoms with E-state index in [-0.39, 0.29) is 0 Å². The summed E-state index contributed by atoms with van der Waals surface area (Å²) in [6.45, 7) is 2.53. The fraction of sp³-hybridized carbons (Fsp3) is 0.947. The summed E-state index contributed by atoms with van der Waals surface area (Å²) in [6.07, 6.45) is 18.4. The van der Waals surface area contributed by atoms with E-state index >= 15 is 0 Å². The second-order valence-corrected chi connectivity index (χ2v) is 10.0. The van der Waals surface area contributed by atoms with Crippen molar-refractivity contribution in [3.63, 3.8) is 0 Å². The zero-order valence-corrected chi connectivity index (χ0v) is 14.1. The maximum atomic E-state index is 2.73. The first-order valence-corrected chi connectivity index (χ1v) is 10.3. The summed E-state index contributed by atoms with van der Waals surface area (Å²) in [7, 11) is 1.69. The minimum absolute atomic E-state index is 0.585. The summed E-state index contributed by atoms with van der Waals surface area (Å²) in [6, 6.07) is 0. The molecule has 0 saturated heterocycles. The normalized spacial score (nSPS) is 46.1. The lowest BCUT2D eigenvalue weighted by Crippen LogP contribution is -2.47. The van der Waals surface area contributed by atoms with Crippen LogP contribution in [-0.2, 0) is 0 Å². The van der Waals surface area contributed by atoms with E-state index < -0.39 is 0 Å². The first kappa shape index (κ1) is 13.8. The topological polar surface area (TPSA) is 0 Å². The van der Waals surface area contributed by atoms with Gasteiger partial charge in [-0.3, -0.25) is 0 Å². The molecule has 0 aromatic heterocycles. The van der Waals surface area contributed by atoms with Gasteiger partial charge in [0.2, 0.25) is 0 Å². The molecule has 5 fully saturated rings. The highest BCUT2D eigenvalue weighted by Gasteiger charge is 2.50. The van der Waals surface area contributed by atoms with Gasteiger partial charge in [0, 0.05) is 0 Å². The van der Waals surface area contributed by atoms with Crippen LogP contribution < -0.4 is 0 Å². The van der Waals surface area contributed by atoms with Crippen LogP contribution in [0.4, 0.5) is 0 Å². The molecule has 112 valence electrons. The molecule has 4 bridgehead atoms. The minimum atomic E-state index is 0.585. The van der Waals surface area contributed by atoms with Crippen LogP contribution in [0.2, 0.25) is 0 Å². The monoisotopic (exact) mass is 290 g/mol. The third-order valence-corrected chi connectivity index (χ3v) is 8.65. The standard InChI is InChI=1S/C19H31P/c1-18(5-3-2-4-6-18)13-20-14-19-10-15-7-16(11-19)9-17(8-15)12-19/h13,15-17H,2-12,14H2,1H3. The smallest absolute Gasteiger partial charge is 0.00521 e. The first-order valence-electron chi connectivity index (χ1n) is 9.16. The summed E-state index contributed by atoms with van der Waals surface area (Å²) in [4.78, 5) is 0. The molecular formula is C19H31P. The highest BCUT2D eigenvalue weighted by molar-refractivity contribution is 7.38. The van der Waals surface area contributed by atoms with E-state index in [4.69, 9.17) is 0 Å². The van der Waals surface area contributed by atoms with Crippen molar-refractivity contribution in [2.45, 2.75) is 77.6 Å². The summed E-state index contributed by atoms with van der Waals surface area (Å²) in [5, 5.41) is 0. The summed E-state index contributed by atoms with van der Waals surface area (Å²) >= 11 is 0. The zero-order chi connectivity index (χ0) is 13.6. The second kappa shape index (κ2) is 5.12. The third kappa shape index (κ3) is 2.63. The molecule has 0 radical (unpaired) electrons. The molecule has 0 aromatic carbocycles. The van der Waals surface area contributed by atoms with E-state index in [1.807, 2.05) is 0 Å². The quantitative estimate of drug-likeness (QED) is 0.566. The highest BCUT2D eigenvalue weighted by Crippen LogP contribution is 2.60. The number of hydrogen-bond acceptors (Lipinski definition) is 0. The lowest BCUT2D eigenvalue weighted by molar-refractivity contribution is -0.0383. The van der Waals surface area contributed by atoms with Gasteiger partial charge in [0.05, 0.1) is 0 Å². The van der Waals surface area contributed by atoms with Crippen molar-refractivity contribution in [2.24, 2.45) is 28.6 Å². The Balaban J connectivity index is 1.41. The van der Waals surface area contributed by atoms with E-state index in [0.717, 1.165) is 23.2 Å². The van der Waals surface area contributed by atoms with Crippen LogP contribution in [0.1, 0.15) is 77.6 Å². The molecule has 1 heteroatoms. The molecule has 0 atom stereocenters. The molecular weight excluding hydrogens is 259 g/mol. The van der Waals surface area contributed by atoms with Gasteiger partial charge in [-0.1, -0.05) is 32.0 Å². The van der Waals surface area contributed by atoms with Crippen LogP contribution in [0.3, 0.4) is 0 Å². The Morgan fingerprint density at radius 1 is 0.900 bits per heavy atom. The lowest BCUT2D eigenvalue weighted by atomic mass is 9.50. The minimum Gasteiger partial charge on any atom is -0.108 e. The summed E-state index contributed by atoms with van der Waals surface area (Å²) in [5.41, 5.74) is 1.37. The van der Waals surface area contributed by atoms with Crippen LogP contribution in [0.25, 0.3) is 0 Å². The molecule has 0 aliphatic heterocycles. The first-order chi connectivity index (χ1) is 9.65. The highest BCUT2D eigenvalue weighted by atomic mass is 31.1. The molecule has 20 heavy (non-hydrogen) atoms. The van der Waals surface area contributed by atoms with Gasteiger partial charge in [-0.15, -0.1) is 8.20 Å². The average Bonchev–Trinajstić information content (AvgIpc) is 2.37. The second-order valence-electron chi connectivity index (χ2n) is 9.10. The van der Waals surface area contributed by atoms with Crippen molar-refractivity contribution in [3.8, 4) is 0 Å². The van der Waals surface area contributed by atoms with Crippen molar-refractivity contribution < 1.29 is 0 Å². The summed E-state index contributed by atoms with van der Waals surface area (Å²) in [5.74, 6) is 6.11. The van der Waals surface area contributed by atoms with E-state index in [9.17, 15) is 0 Å². The van der Waals surface area contributed by atoms with Crippen molar-refractivity contribution in [2.75, 3.05) is 6.16 Å². The van der Waals surface area contributed by atoms with Gasteiger partial charge in [0.1, 0.15) is 0 Å². The average molecular weight is 290 g/mol. The van der Waals surface area contributed by atoms with Gasteiger partial charge < -0.3 is 0 Å². The van der Waals surface area contributed by atoms with Crippen LogP contribution in [0.15, 0.2) is 0 Å². The Bertz CT molecular complexity index is 353. The van der Waals surface area contributed by atoms with E-state index in [2.05, 4.69) is 12.7 Å². The summed E-state index contributed by atoms with van der Waals surface area (Å²) < 4.78 is 0. The lowest BCUT2D eigenvalue weighted by Gasteiger charge is -2.56. The third-order valence-electron chi connectivity index (χ3n) is 6.99.